The van der Waals surface area contributed by atoms with Crippen LogP contribution in [-0.2, 0) is 10.0 Å². The van der Waals surface area contributed by atoms with Gasteiger partial charge in [-0.25, -0.2) is 13.1 Å². The Bertz CT molecular complexity index is 538. The summed E-state index contributed by atoms with van der Waals surface area (Å²) in [5.74, 6) is 1.85. The SMILES string of the molecule is CNS(=O)(=O)c1ccc(SCC2CCCC2)c(N)c1. The summed E-state index contributed by atoms with van der Waals surface area (Å²) < 4.78 is 25.6. The minimum Gasteiger partial charge on any atom is -0.398 e. The van der Waals surface area contributed by atoms with E-state index in [9.17, 15) is 8.42 Å². The van der Waals surface area contributed by atoms with Gasteiger partial charge in [0.25, 0.3) is 0 Å². The maximum absolute atomic E-state index is 11.7. The molecule has 0 aliphatic heterocycles. The number of nitrogen functional groups attached to an aromatic ring is 1. The Kier molecular flexibility index (Phi) is 4.76. The molecule has 19 heavy (non-hydrogen) atoms. The highest BCUT2D eigenvalue weighted by Gasteiger charge is 2.17. The van der Waals surface area contributed by atoms with Crippen molar-refractivity contribution < 1.29 is 8.42 Å². The van der Waals surface area contributed by atoms with E-state index in [0.29, 0.717) is 5.69 Å². The lowest BCUT2D eigenvalue weighted by atomic mass is 10.1. The number of thioether (sulfide) groups is 1. The summed E-state index contributed by atoms with van der Waals surface area (Å²) in [6, 6.07) is 4.95. The molecule has 0 spiro atoms. The average molecular weight is 300 g/mol. The van der Waals surface area contributed by atoms with Gasteiger partial charge in [0.1, 0.15) is 0 Å². The van der Waals surface area contributed by atoms with Gasteiger partial charge in [0.05, 0.1) is 4.90 Å². The molecule has 0 heterocycles. The summed E-state index contributed by atoms with van der Waals surface area (Å²) in [6.45, 7) is 0. The molecule has 4 nitrogen and oxygen atoms in total. The van der Waals surface area contributed by atoms with Crippen molar-refractivity contribution >= 4 is 27.5 Å². The number of benzene rings is 1. The number of hydrogen-bond acceptors (Lipinski definition) is 4. The Labute approximate surface area is 119 Å². The van der Waals surface area contributed by atoms with Crippen LogP contribution in [0.4, 0.5) is 5.69 Å². The van der Waals surface area contributed by atoms with Gasteiger partial charge >= 0.3 is 0 Å². The third-order valence-corrected chi connectivity index (χ3v) is 6.24. The fourth-order valence-electron chi connectivity index (χ4n) is 2.33. The van der Waals surface area contributed by atoms with E-state index in [0.717, 1.165) is 16.6 Å². The van der Waals surface area contributed by atoms with Crippen molar-refractivity contribution in [3.8, 4) is 0 Å². The summed E-state index contributed by atoms with van der Waals surface area (Å²) in [5.41, 5.74) is 6.49. The Morgan fingerprint density at radius 1 is 1.37 bits per heavy atom. The largest absolute Gasteiger partial charge is 0.398 e. The second-order valence-corrected chi connectivity index (χ2v) is 7.82. The second-order valence-electron chi connectivity index (χ2n) is 4.87. The fraction of sp³-hybridized carbons (Fsp3) is 0.538. The van der Waals surface area contributed by atoms with E-state index in [4.69, 9.17) is 5.73 Å². The van der Waals surface area contributed by atoms with Crippen LogP contribution in [0.2, 0.25) is 0 Å². The van der Waals surface area contributed by atoms with Crippen LogP contribution in [0.5, 0.6) is 0 Å². The van der Waals surface area contributed by atoms with Gasteiger partial charge in [0, 0.05) is 16.3 Å². The molecule has 106 valence electrons. The van der Waals surface area contributed by atoms with E-state index in [2.05, 4.69) is 4.72 Å². The van der Waals surface area contributed by atoms with E-state index in [1.165, 1.54) is 38.8 Å². The van der Waals surface area contributed by atoms with Crippen molar-refractivity contribution in [1.82, 2.24) is 4.72 Å². The zero-order valence-corrected chi connectivity index (χ0v) is 12.7. The van der Waals surface area contributed by atoms with Crippen LogP contribution in [-0.4, -0.2) is 21.2 Å². The summed E-state index contributed by atoms with van der Waals surface area (Å²) in [6.07, 6.45) is 5.28. The van der Waals surface area contributed by atoms with Crippen LogP contribution in [0.3, 0.4) is 0 Å². The first-order valence-corrected chi connectivity index (χ1v) is 8.95. The first-order chi connectivity index (χ1) is 9.03. The predicted octanol–water partition coefficient (Wildman–Crippen LogP) is 2.46. The van der Waals surface area contributed by atoms with Crippen molar-refractivity contribution in [3.63, 3.8) is 0 Å². The fourth-order valence-corrected chi connectivity index (χ4v) is 4.23. The van der Waals surface area contributed by atoms with Crippen molar-refractivity contribution in [2.24, 2.45) is 5.92 Å². The van der Waals surface area contributed by atoms with Crippen molar-refractivity contribution in [3.05, 3.63) is 18.2 Å². The predicted molar refractivity (Wildman–Crippen MR) is 79.8 cm³/mol. The Morgan fingerprint density at radius 2 is 2.05 bits per heavy atom. The lowest BCUT2D eigenvalue weighted by Gasteiger charge is -2.11. The van der Waals surface area contributed by atoms with Crippen molar-refractivity contribution in [1.29, 1.82) is 0 Å². The quantitative estimate of drug-likeness (QED) is 0.647. The first kappa shape index (κ1) is 14.7. The maximum atomic E-state index is 11.7. The van der Waals surface area contributed by atoms with E-state index >= 15 is 0 Å². The summed E-state index contributed by atoms with van der Waals surface area (Å²) in [5, 5.41) is 0. The number of sulfonamides is 1. The van der Waals surface area contributed by atoms with Crippen LogP contribution in [0, 0.1) is 5.92 Å². The molecular weight excluding hydrogens is 280 g/mol. The third kappa shape index (κ3) is 3.64. The molecule has 0 bridgehead atoms. The minimum absolute atomic E-state index is 0.220. The Balaban J connectivity index is 2.06. The van der Waals surface area contributed by atoms with E-state index in [1.807, 2.05) is 0 Å². The lowest BCUT2D eigenvalue weighted by Crippen LogP contribution is -2.18. The van der Waals surface area contributed by atoms with E-state index in [-0.39, 0.29) is 4.90 Å². The monoisotopic (exact) mass is 300 g/mol. The van der Waals surface area contributed by atoms with Gasteiger partial charge in [-0.1, -0.05) is 12.8 Å². The zero-order chi connectivity index (χ0) is 13.9. The minimum atomic E-state index is -3.41. The molecule has 1 aromatic rings. The van der Waals surface area contributed by atoms with Crippen LogP contribution in [0.15, 0.2) is 28.0 Å². The second kappa shape index (κ2) is 6.15. The lowest BCUT2D eigenvalue weighted by molar-refractivity contribution is 0.588. The average Bonchev–Trinajstić information content (AvgIpc) is 2.90. The molecule has 0 unspecified atom stereocenters. The van der Waals surface area contributed by atoms with Crippen molar-refractivity contribution in [2.45, 2.75) is 35.5 Å². The molecule has 1 aliphatic rings. The van der Waals surface area contributed by atoms with E-state index in [1.54, 1.807) is 23.9 Å². The molecule has 0 amide bonds. The smallest absolute Gasteiger partial charge is 0.240 e. The van der Waals surface area contributed by atoms with Crippen LogP contribution < -0.4 is 10.5 Å². The zero-order valence-electron chi connectivity index (χ0n) is 11.1. The highest BCUT2D eigenvalue weighted by molar-refractivity contribution is 7.99. The van der Waals surface area contributed by atoms with Gasteiger partial charge in [-0.3, -0.25) is 0 Å². The molecule has 0 radical (unpaired) electrons. The number of anilines is 1. The molecule has 0 atom stereocenters. The van der Waals surface area contributed by atoms with Crippen LogP contribution >= 0.6 is 11.8 Å². The van der Waals surface area contributed by atoms with Crippen molar-refractivity contribution in [2.75, 3.05) is 18.5 Å². The molecule has 3 N–H and O–H groups in total. The molecule has 1 aliphatic carbocycles. The standard InChI is InChI=1S/C13H20N2O2S2/c1-15-19(16,17)11-6-7-13(12(14)8-11)18-9-10-4-2-3-5-10/h6-8,10,15H,2-5,9,14H2,1H3. The summed E-state index contributed by atoms with van der Waals surface area (Å²) in [4.78, 5) is 1.19. The summed E-state index contributed by atoms with van der Waals surface area (Å²) in [7, 11) is -2.01. The number of nitrogens with one attached hydrogen (secondary N) is 1. The normalized spacial score (nSPS) is 16.9. The molecule has 0 aromatic heterocycles. The number of hydrogen-bond donors (Lipinski definition) is 2. The maximum Gasteiger partial charge on any atom is 0.240 e. The van der Waals surface area contributed by atoms with Crippen LogP contribution in [0.1, 0.15) is 25.7 Å². The summed E-state index contributed by atoms with van der Waals surface area (Å²) >= 11 is 1.73. The molecule has 0 saturated heterocycles. The highest BCUT2D eigenvalue weighted by atomic mass is 32.2. The first-order valence-electron chi connectivity index (χ1n) is 6.49. The Hall–Kier alpha value is -0.720. The van der Waals surface area contributed by atoms with Gasteiger partial charge in [0.15, 0.2) is 0 Å². The molecule has 6 heteroatoms. The van der Waals surface area contributed by atoms with Gasteiger partial charge in [0.2, 0.25) is 10.0 Å². The molecule has 2 rings (SSSR count). The van der Waals surface area contributed by atoms with Gasteiger partial charge in [-0.05, 0) is 44.0 Å². The molecule has 1 saturated carbocycles. The Morgan fingerprint density at radius 3 is 2.63 bits per heavy atom. The number of nitrogens with two attached hydrogens (primary N) is 1. The van der Waals surface area contributed by atoms with Gasteiger partial charge in [-0.2, -0.15) is 0 Å². The van der Waals surface area contributed by atoms with Gasteiger partial charge in [-0.15, -0.1) is 11.8 Å². The number of rotatable bonds is 5. The van der Waals surface area contributed by atoms with E-state index < -0.39 is 10.0 Å². The van der Waals surface area contributed by atoms with Crippen LogP contribution in [0.25, 0.3) is 0 Å². The highest BCUT2D eigenvalue weighted by Crippen LogP contribution is 2.33. The topological polar surface area (TPSA) is 72.2 Å². The molecule has 1 fully saturated rings. The third-order valence-electron chi connectivity index (χ3n) is 3.51. The molecular formula is C13H20N2O2S2. The van der Waals surface area contributed by atoms with Gasteiger partial charge < -0.3 is 5.73 Å². The molecule has 1 aromatic carbocycles.